The predicted octanol–water partition coefficient (Wildman–Crippen LogP) is 4.86. The highest BCUT2D eigenvalue weighted by Gasteiger charge is 2.22. The molecule has 1 saturated carbocycles. The monoisotopic (exact) mass is 463 g/mol. The average molecular weight is 464 g/mol. The number of fused-ring (bicyclic) bond motifs is 1. The highest BCUT2D eigenvalue weighted by atomic mass is 32.1. The van der Waals surface area contributed by atoms with Crippen LogP contribution >= 0.6 is 11.3 Å². The molecule has 0 aliphatic heterocycles. The Morgan fingerprint density at radius 3 is 2.67 bits per heavy atom. The Kier molecular flexibility index (Phi) is 5.99. The summed E-state index contributed by atoms with van der Waals surface area (Å²) in [6, 6.07) is 8.66. The molecule has 4 aromatic rings. The van der Waals surface area contributed by atoms with E-state index in [1.165, 1.54) is 12.8 Å². The van der Waals surface area contributed by atoms with Crippen molar-refractivity contribution < 1.29 is 5.11 Å². The number of aliphatic hydroxyl groups is 1. The normalized spacial score (nSPS) is 14.8. The number of aromatic nitrogens is 5. The number of anilines is 2. The molecule has 5 rings (SSSR count). The summed E-state index contributed by atoms with van der Waals surface area (Å²) in [5.41, 5.74) is 2.76. The van der Waals surface area contributed by atoms with E-state index in [4.69, 9.17) is 4.98 Å². The highest BCUT2D eigenvalue weighted by Crippen LogP contribution is 2.33. The molecule has 0 spiro atoms. The molecule has 4 heterocycles. The Morgan fingerprint density at radius 2 is 1.97 bits per heavy atom. The van der Waals surface area contributed by atoms with Gasteiger partial charge in [0.15, 0.2) is 17.0 Å². The van der Waals surface area contributed by atoms with Crippen molar-refractivity contribution in [2.24, 2.45) is 0 Å². The summed E-state index contributed by atoms with van der Waals surface area (Å²) in [5, 5.41) is 18.8. The number of thiophene rings is 1. The lowest BCUT2D eigenvalue weighted by molar-refractivity contribution is 0.0943. The first-order chi connectivity index (χ1) is 16.0. The molecule has 0 unspecified atom stereocenters. The molecule has 0 amide bonds. The van der Waals surface area contributed by atoms with E-state index in [0.717, 1.165) is 40.1 Å². The van der Waals surface area contributed by atoms with Crippen LogP contribution < -0.4 is 10.6 Å². The van der Waals surface area contributed by atoms with Gasteiger partial charge in [0.2, 0.25) is 5.95 Å². The van der Waals surface area contributed by atoms with Gasteiger partial charge in [-0.3, -0.25) is 4.98 Å². The molecule has 1 aliphatic rings. The maximum atomic E-state index is 10.1. The van der Waals surface area contributed by atoms with Gasteiger partial charge in [-0.15, -0.1) is 11.3 Å². The molecular formula is C24H29N7OS. The van der Waals surface area contributed by atoms with Gasteiger partial charge >= 0.3 is 0 Å². The number of nitrogens with one attached hydrogen (secondary N) is 2. The molecule has 0 atom stereocenters. The molecule has 3 N–H and O–H groups in total. The molecule has 0 aromatic carbocycles. The number of rotatable bonds is 8. The van der Waals surface area contributed by atoms with Crippen molar-refractivity contribution in [3.63, 3.8) is 0 Å². The van der Waals surface area contributed by atoms with Crippen LogP contribution in [0.5, 0.6) is 0 Å². The Bertz CT molecular complexity index is 1210. The number of hydrogen-bond donors (Lipinski definition) is 3. The lowest BCUT2D eigenvalue weighted by Crippen LogP contribution is -2.30. The Hall–Kier alpha value is -3.04. The van der Waals surface area contributed by atoms with Gasteiger partial charge in [-0.25, -0.2) is 4.98 Å². The molecule has 0 saturated heterocycles. The van der Waals surface area contributed by atoms with Crippen LogP contribution in [0.4, 0.5) is 11.8 Å². The lowest BCUT2D eigenvalue weighted by atomic mass is 10.1. The smallest absolute Gasteiger partial charge is 0.226 e. The zero-order valence-electron chi connectivity index (χ0n) is 19.0. The summed E-state index contributed by atoms with van der Waals surface area (Å²) in [6.45, 7) is 4.44. The first-order valence-electron chi connectivity index (χ1n) is 11.4. The minimum Gasteiger partial charge on any atom is -0.389 e. The third kappa shape index (κ3) is 4.99. The summed E-state index contributed by atoms with van der Waals surface area (Å²) >= 11 is 1.68. The number of imidazole rings is 1. The van der Waals surface area contributed by atoms with Crippen LogP contribution in [0.1, 0.15) is 51.1 Å². The Labute approximate surface area is 197 Å². The Morgan fingerprint density at radius 1 is 1.12 bits per heavy atom. The van der Waals surface area contributed by atoms with Crippen molar-refractivity contribution in [2.75, 3.05) is 17.2 Å². The Balaban J connectivity index is 1.40. The van der Waals surface area contributed by atoms with E-state index in [1.54, 1.807) is 25.2 Å². The van der Waals surface area contributed by atoms with Crippen molar-refractivity contribution >= 4 is 34.3 Å². The van der Waals surface area contributed by atoms with Gasteiger partial charge in [-0.05, 0) is 49.8 Å². The highest BCUT2D eigenvalue weighted by molar-refractivity contribution is 7.13. The molecule has 9 heteroatoms. The topological polar surface area (TPSA) is 101 Å². The zero-order chi connectivity index (χ0) is 22.8. The summed E-state index contributed by atoms with van der Waals surface area (Å²) in [4.78, 5) is 19.9. The van der Waals surface area contributed by atoms with Gasteiger partial charge in [0.25, 0.3) is 0 Å². The van der Waals surface area contributed by atoms with Gasteiger partial charge in [-0.2, -0.15) is 9.97 Å². The van der Waals surface area contributed by atoms with Crippen LogP contribution in [0.2, 0.25) is 0 Å². The SMILES string of the molecule is CC(C)(O)CNc1nc(NCc2ccc(-c3cccs3)nc2)c2ncn(C3CCCC3)c2n1. The van der Waals surface area contributed by atoms with E-state index in [2.05, 4.69) is 47.7 Å². The summed E-state index contributed by atoms with van der Waals surface area (Å²) in [5.74, 6) is 1.16. The fourth-order valence-corrected chi connectivity index (χ4v) is 4.85. The van der Waals surface area contributed by atoms with E-state index in [0.29, 0.717) is 30.9 Å². The first-order valence-corrected chi connectivity index (χ1v) is 12.3. The maximum absolute atomic E-state index is 10.1. The summed E-state index contributed by atoms with van der Waals surface area (Å²) < 4.78 is 2.18. The predicted molar refractivity (Wildman–Crippen MR) is 132 cm³/mol. The van der Waals surface area contributed by atoms with Gasteiger partial charge in [0.05, 0.1) is 22.5 Å². The second kappa shape index (κ2) is 9.07. The van der Waals surface area contributed by atoms with E-state index in [9.17, 15) is 5.11 Å². The molecular weight excluding hydrogens is 434 g/mol. The second-order valence-corrected chi connectivity index (χ2v) is 10.2. The van der Waals surface area contributed by atoms with E-state index in [1.807, 2.05) is 24.7 Å². The second-order valence-electron chi connectivity index (χ2n) is 9.21. The van der Waals surface area contributed by atoms with Crippen LogP contribution in [-0.4, -0.2) is 41.8 Å². The van der Waals surface area contributed by atoms with Gasteiger partial charge in [-0.1, -0.05) is 25.0 Å². The summed E-state index contributed by atoms with van der Waals surface area (Å²) in [7, 11) is 0. The fraction of sp³-hybridized carbons (Fsp3) is 0.417. The zero-order valence-corrected chi connectivity index (χ0v) is 19.8. The standard InChI is InChI=1S/C24H29N7OS/c1-24(2,32)14-27-23-29-21(20-22(30-23)31(15-28-20)17-6-3-4-7-17)26-13-16-9-10-18(25-12-16)19-8-5-11-33-19/h5,8-12,15,17,32H,3-4,6-7,13-14H2,1-2H3,(H2,26,27,29,30). The van der Waals surface area contributed by atoms with Crippen molar-refractivity contribution in [3.05, 3.63) is 47.7 Å². The minimum absolute atomic E-state index is 0.351. The first kappa shape index (κ1) is 21.8. The van der Waals surface area contributed by atoms with Crippen LogP contribution in [0, 0.1) is 0 Å². The molecule has 33 heavy (non-hydrogen) atoms. The maximum Gasteiger partial charge on any atom is 0.226 e. The molecule has 1 fully saturated rings. The molecule has 172 valence electrons. The molecule has 0 radical (unpaired) electrons. The van der Waals surface area contributed by atoms with Crippen LogP contribution in [0.25, 0.3) is 21.7 Å². The molecule has 8 nitrogen and oxygen atoms in total. The number of nitrogens with zero attached hydrogens (tertiary/aromatic N) is 5. The largest absolute Gasteiger partial charge is 0.389 e. The van der Waals surface area contributed by atoms with Crippen molar-refractivity contribution in [3.8, 4) is 10.6 Å². The minimum atomic E-state index is -0.867. The van der Waals surface area contributed by atoms with Crippen LogP contribution in [-0.2, 0) is 6.54 Å². The number of hydrogen-bond acceptors (Lipinski definition) is 8. The molecule has 1 aliphatic carbocycles. The summed E-state index contributed by atoms with van der Waals surface area (Å²) in [6.07, 6.45) is 8.54. The van der Waals surface area contributed by atoms with Crippen molar-refractivity contribution in [2.45, 2.75) is 57.7 Å². The van der Waals surface area contributed by atoms with E-state index >= 15 is 0 Å². The fourth-order valence-electron chi connectivity index (χ4n) is 4.15. The van der Waals surface area contributed by atoms with E-state index < -0.39 is 5.60 Å². The van der Waals surface area contributed by atoms with Crippen molar-refractivity contribution in [1.82, 2.24) is 24.5 Å². The van der Waals surface area contributed by atoms with Crippen LogP contribution in [0.15, 0.2) is 42.2 Å². The van der Waals surface area contributed by atoms with Gasteiger partial charge < -0.3 is 20.3 Å². The average Bonchev–Trinajstić information content (AvgIpc) is 3.57. The van der Waals surface area contributed by atoms with Gasteiger partial charge in [0, 0.05) is 25.3 Å². The lowest BCUT2D eigenvalue weighted by Gasteiger charge is -2.18. The number of pyridine rings is 1. The van der Waals surface area contributed by atoms with E-state index in [-0.39, 0.29) is 0 Å². The third-order valence-corrected chi connectivity index (χ3v) is 6.77. The molecule has 0 bridgehead atoms. The van der Waals surface area contributed by atoms with Gasteiger partial charge in [0.1, 0.15) is 0 Å². The van der Waals surface area contributed by atoms with Crippen LogP contribution in [0.3, 0.4) is 0 Å². The molecule has 4 aromatic heterocycles. The van der Waals surface area contributed by atoms with Crippen molar-refractivity contribution in [1.29, 1.82) is 0 Å². The quantitative estimate of drug-likeness (QED) is 0.343. The third-order valence-electron chi connectivity index (χ3n) is 5.88.